The Balaban J connectivity index is 2.05. The Morgan fingerprint density at radius 3 is 2.79 bits per heavy atom. The number of hydrogen-bond donors (Lipinski definition) is 0. The normalized spacial score (nSPS) is 11.6. The molecule has 0 radical (unpaired) electrons. The summed E-state index contributed by atoms with van der Waals surface area (Å²) in [5, 5.41) is 0. The van der Waals surface area contributed by atoms with E-state index in [1.807, 2.05) is 37.3 Å². The van der Waals surface area contributed by atoms with E-state index in [9.17, 15) is 4.79 Å². The molecule has 0 saturated carbocycles. The van der Waals surface area contributed by atoms with Crippen LogP contribution in [0.2, 0.25) is 0 Å². The first-order chi connectivity index (χ1) is 9.24. The van der Waals surface area contributed by atoms with Gasteiger partial charge in [-0.2, -0.15) is 4.79 Å². The third-order valence-electron chi connectivity index (χ3n) is 2.96. The minimum Gasteiger partial charge on any atom is -0.377 e. The van der Waals surface area contributed by atoms with Crippen molar-refractivity contribution >= 4 is 12.0 Å². The van der Waals surface area contributed by atoms with Crippen LogP contribution in [0.25, 0.3) is 5.53 Å². The van der Waals surface area contributed by atoms with Gasteiger partial charge in [-0.25, -0.2) is 0 Å². The number of carbonyl (C=O) groups is 1. The molecule has 0 bridgehead atoms. The second-order valence-corrected chi connectivity index (χ2v) is 4.58. The number of carbonyl (C=O) groups excluding carboxylic acids is 1. The van der Waals surface area contributed by atoms with Crippen LogP contribution in [0.1, 0.15) is 31.7 Å². The van der Waals surface area contributed by atoms with Crippen molar-refractivity contribution in [1.82, 2.24) is 0 Å². The van der Waals surface area contributed by atoms with E-state index in [0.717, 1.165) is 25.5 Å². The van der Waals surface area contributed by atoms with Gasteiger partial charge in [0.2, 0.25) is 5.78 Å². The van der Waals surface area contributed by atoms with E-state index < -0.39 is 0 Å². The Bertz CT molecular complexity index is 425. The molecule has 0 aliphatic carbocycles. The molecule has 0 saturated heterocycles. The molecule has 0 fully saturated rings. The first-order valence-electron chi connectivity index (χ1n) is 6.57. The number of ketones is 1. The molecule has 1 aromatic carbocycles. The van der Waals surface area contributed by atoms with Gasteiger partial charge in [-0.05, 0) is 18.4 Å². The fourth-order valence-corrected chi connectivity index (χ4v) is 1.75. The maximum Gasteiger partial charge on any atom is 0.323 e. The number of hydrogen-bond acceptors (Lipinski definition) is 2. The van der Waals surface area contributed by atoms with Crippen LogP contribution in [0.3, 0.4) is 0 Å². The van der Waals surface area contributed by atoms with Crippen molar-refractivity contribution in [2.45, 2.75) is 32.8 Å². The quantitative estimate of drug-likeness (QED) is 0.296. The van der Waals surface area contributed by atoms with Crippen LogP contribution in [0, 0.1) is 5.92 Å². The summed E-state index contributed by atoms with van der Waals surface area (Å²) in [5.41, 5.74) is 9.44. The van der Waals surface area contributed by atoms with E-state index in [1.165, 1.54) is 5.56 Å². The van der Waals surface area contributed by atoms with Crippen molar-refractivity contribution in [2.75, 3.05) is 6.61 Å². The molecule has 0 N–H and O–H groups in total. The SMILES string of the molecule is C[C@H](CCCCOCc1ccccc1)C(=O)C=[N+]=[N-]. The first-order valence-corrected chi connectivity index (χ1v) is 6.57. The van der Waals surface area contributed by atoms with Gasteiger partial charge < -0.3 is 10.3 Å². The summed E-state index contributed by atoms with van der Waals surface area (Å²) >= 11 is 0. The number of Topliss-reactive ketones (excluding diaryl/α,β-unsaturated/α-hetero) is 1. The largest absolute Gasteiger partial charge is 0.377 e. The summed E-state index contributed by atoms with van der Waals surface area (Å²) in [6.45, 7) is 3.17. The van der Waals surface area contributed by atoms with Gasteiger partial charge >= 0.3 is 6.21 Å². The monoisotopic (exact) mass is 260 g/mol. The molecule has 0 heterocycles. The highest BCUT2D eigenvalue weighted by molar-refractivity contribution is 6.26. The lowest BCUT2D eigenvalue weighted by Crippen LogP contribution is -2.12. The molecule has 102 valence electrons. The van der Waals surface area contributed by atoms with Crippen LogP contribution in [0.5, 0.6) is 0 Å². The maximum atomic E-state index is 11.3. The van der Waals surface area contributed by atoms with Gasteiger partial charge in [0.05, 0.1) is 6.61 Å². The summed E-state index contributed by atoms with van der Waals surface area (Å²) in [6.07, 6.45) is 3.62. The molecule has 1 rings (SSSR count). The van der Waals surface area contributed by atoms with Crippen LogP contribution in [-0.2, 0) is 16.1 Å². The van der Waals surface area contributed by atoms with E-state index in [2.05, 4.69) is 4.79 Å². The zero-order valence-corrected chi connectivity index (χ0v) is 11.3. The summed E-state index contributed by atoms with van der Waals surface area (Å²) in [7, 11) is 0. The molecule has 0 spiro atoms. The third kappa shape index (κ3) is 6.65. The van der Waals surface area contributed by atoms with Crippen LogP contribution >= 0.6 is 0 Å². The highest BCUT2D eigenvalue weighted by atomic mass is 16.5. The van der Waals surface area contributed by atoms with Gasteiger partial charge in [-0.3, -0.25) is 4.79 Å². The number of nitrogens with zero attached hydrogens (tertiary/aromatic N) is 2. The van der Waals surface area contributed by atoms with Crippen molar-refractivity contribution in [2.24, 2.45) is 5.92 Å². The van der Waals surface area contributed by atoms with E-state index in [0.29, 0.717) is 13.2 Å². The van der Waals surface area contributed by atoms with Crippen molar-refractivity contribution in [1.29, 1.82) is 0 Å². The topological polar surface area (TPSA) is 62.7 Å². The van der Waals surface area contributed by atoms with Crippen molar-refractivity contribution in [3.63, 3.8) is 0 Å². The van der Waals surface area contributed by atoms with Gasteiger partial charge in [-0.15, -0.1) is 0 Å². The molecule has 0 aromatic heterocycles. The summed E-state index contributed by atoms with van der Waals surface area (Å²) in [4.78, 5) is 14.1. The van der Waals surface area contributed by atoms with Gasteiger partial charge in [0.1, 0.15) is 0 Å². The number of unbranched alkanes of at least 4 members (excludes halogenated alkanes) is 1. The highest BCUT2D eigenvalue weighted by Gasteiger charge is 2.13. The lowest BCUT2D eigenvalue weighted by atomic mass is 10.0. The molecule has 1 atom stereocenters. The Labute approximate surface area is 114 Å². The second kappa shape index (κ2) is 9.20. The van der Waals surface area contributed by atoms with Gasteiger partial charge in [0, 0.05) is 12.5 Å². The smallest absolute Gasteiger partial charge is 0.323 e. The van der Waals surface area contributed by atoms with Crippen molar-refractivity contribution < 1.29 is 14.3 Å². The Kier molecular flexibility index (Phi) is 7.40. The fraction of sp³-hybridized carbons (Fsp3) is 0.467. The maximum absolute atomic E-state index is 11.3. The van der Waals surface area contributed by atoms with Crippen LogP contribution < -0.4 is 0 Å². The van der Waals surface area contributed by atoms with E-state index >= 15 is 0 Å². The Morgan fingerprint density at radius 2 is 2.11 bits per heavy atom. The van der Waals surface area contributed by atoms with Crippen LogP contribution in [0.4, 0.5) is 0 Å². The zero-order valence-electron chi connectivity index (χ0n) is 11.3. The third-order valence-corrected chi connectivity index (χ3v) is 2.96. The van der Waals surface area contributed by atoms with Crippen molar-refractivity contribution in [3.8, 4) is 0 Å². The van der Waals surface area contributed by atoms with Crippen LogP contribution in [0.15, 0.2) is 30.3 Å². The number of benzene rings is 1. The minimum absolute atomic E-state index is 0.0926. The highest BCUT2D eigenvalue weighted by Crippen LogP contribution is 2.09. The molecular formula is C15H20N2O2. The minimum atomic E-state index is -0.132. The Hall–Kier alpha value is -1.77. The molecular weight excluding hydrogens is 240 g/mol. The Morgan fingerprint density at radius 1 is 1.37 bits per heavy atom. The lowest BCUT2D eigenvalue weighted by Gasteiger charge is -2.06. The average Bonchev–Trinajstić information content (AvgIpc) is 2.43. The van der Waals surface area contributed by atoms with Gasteiger partial charge in [-0.1, -0.05) is 43.7 Å². The predicted molar refractivity (Wildman–Crippen MR) is 73.8 cm³/mol. The van der Waals surface area contributed by atoms with Gasteiger partial charge in [0.25, 0.3) is 0 Å². The number of ether oxygens (including phenoxy) is 1. The lowest BCUT2D eigenvalue weighted by molar-refractivity contribution is -0.119. The van der Waals surface area contributed by atoms with E-state index in [1.54, 1.807) is 0 Å². The molecule has 0 aliphatic heterocycles. The number of rotatable bonds is 9. The van der Waals surface area contributed by atoms with Crippen molar-refractivity contribution in [3.05, 3.63) is 41.4 Å². The molecule has 4 heteroatoms. The molecule has 1 aromatic rings. The van der Waals surface area contributed by atoms with Crippen LogP contribution in [-0.4, -0.2) is 23.4 Å². The summed E-state index contributed by atoms with van der Waals surface area (Å²) in [5.74, 6) is -0.224. The first kappa shape index (κ1) is 15.3. The zero-order chi connectivity index (χ0) is 13.9. The molecule has 0 aliphatic rings. The predicted octanol–water partition coefficient (Wildman–Crippen LogP) is 2.88. The molecule has 4 nitrogen and oxygen atoms in total. The van der Waals surface area contributed by atoms with E-state index in [4.69, 9.17) is 10.3 Å². The average molecular weight is 260 g/mol. The summed E-state index contributed by atoms with van der Waals surface area (Å²) in [6, 6.07) is 10.0. The molecule has 19 heavy (non-hydrogen) atoms. The standard InChI is InChI=1S/C15H20N2O2/c1-13(15(18)11-17-16)7-5-6-10-19-12-14-8-3-2-4-9-14/h2-4,8-9,11,13H,5-7,10,12H2,1H3/t13-/m1/s1. The van der Waals surface area contributed by atoms with E-state index in [-0.39, 0.29) is 11.7 Å². The van der Waals surface area contributed by atoms with Gasteiger partial charge in [0.15, 0.2) is 0 Å². The molecule has 0 amide bonds. The summed E-state index contributed by atoms with van der Waals surface area (Å²) < 4.78 is 5.56. The second-order valence-electron chi connectivity index (χ2n) is 4.58. The fourth-order valence-electron chi connectivity index (χ4n) is 1.75. The molecule has 0 unspecified atom stereocenters.